The van der Waals surface area contributed by atoms with Crippen LogP contribution in [0.2, 0.25) is 5.02 Å². The number of carbonyl (C=O) groups is 1. The summed E-state index contributed by atoms with van der Waals surface area (Å²) < 4.78 is 8.20. The SMILES string of the molecule is C=CC(=O)N1CCN(c2nc(=O)n(-c3c(C)ccnc3C(C)C)c3c4c(c(Cl)cc23)-c2c(ccc3[nH]ncc23)CO4)[C@@H](C)C1. The van der Waals surface area contributed by atoms with Crippen molar-refractivity contribution < 1.29 is 9.53 Å². The lowest BCUT2D eigenvalue weighted by Gasteiger charge is -2.40. The van der Waals surface area contributed by atoms with Gasteiger partial charge in [0.25, 0.3) is 0 Å². The number of ether oxygens (including phenoxy) is 1. The molecule has 44 heavy (non-hydrogen) atoms. The zero-order chi connectivity index (χ0) is 30.9. The molecule has 1 atom stereocenters. The van der Waals surface area contributed by atoms with Gasteiger partial charge in [-0.25, -0.2) is 4.79 Å². The molecule has 11 heteroatoms. The van der Waals surface area contributed by atoms with Crippen molar-refractivity contribution in [3.63, 3.8) is 0 Å². The molecule has 0 bridgehead atoms. The number of amides is 1. The van der Waals surface area contributed by atoms with Crippen LogP contribution in [-0.4, -0.2) is 61.2 Å². The summed E-state index contributed by atoms with van der Waals surface area (Å²) in [6, 6.07) is 7.66. The van der Waals surface area contributed by atoms with Crippen LogP contribution in [0.5, 0.6) is 5.75 Å². The van der Waals surface area contributed by atoms with Gasteiger partial charge in [-0.3, -0.25) is 19.4 Å². The van der Waals surface area contributed by atoms with Gasteiger partial charge in [-0.15, -0.1) is 0 Å². The number of carbonyl (C=O) groups excluding carboxylic acids is 1. The molecule has 5 heterocycles. The molecule has 5 aromatic rings. The Morgan fingerprint density at radius 2 is 2.02 bits per heavy atom. The lowest BCUT2D eigenvalue weighted by Crippen LogP contribution is -2.54. The lowest BCUT2D eigenvalue weighted by atomic mass is 9.92. The molecule has 2 aromatic carbocycles. The Balaban J connectivity index is 1.57. The average Bonchev–Trinajstić information content (AvgIpc) is 3.50. The van der Waals surface area contributed by atoms with Crippen molar-refractivity contribution in [2.24, 2.45) is 0 Å². The number of aromatic nitrogens is 5. The molecule has 0 saturated carbocycles. The Hall–Kier alpha value is -4.70. The van der Waals surface area contributed by atoms with Gasteiger partial charge in [0, 0.05) is 53.8 Å². The first kappa shape index (κ1) is 28.1. The number of rotatable bonds is 4. The maximum atomic E-state index is 14.4. The number of halogens is 1. The summed E-state index contributed by atoms with van der Waals surface area (Å²) in [5.74, 6) is 0.943. The first-order valence-corrected chi connectivity index (χ1v) is 15.1. The van der Waals surface area contributed by atoms with E-state index in [0.717, 1.165) is 33.3 Å². The largest absolute Gasteiger partial charge is 0.486 e. The molecule has 1 fully saturated rings. The quantitative estimate of drug-likeness (QED) is 0.267. The minimum absolute atomic E-state index is 0.0392. The molecule has 0 radical (unpaired) electrons. The molecular formula is C33H32ClN7O3. The fraction of sp³-hybridized carbons (Fsp3) is 0.303. The molecule has 2 aliphatic rings. The summed E-state index contributed by atoms with van der Waals surface area (Å²) in [7, 11) is 0. The molecule has 1 amide bonds. The minimum Gasteiger partial charge on any atom is -0.486 e. The molecule has 1 N–H and O–H groups in total. The minimum atomic E-state index is -0.442. The van der Waals surface area contributed by atoms with Crippen molar-refractivity contribution in [2.75, 3.05) is 24.5 Å². The molecular weight excluding hydrogens is 578 g/mol. The number of aryl methyl sites for hydroxylation is 1. The van der Waals surface area contributed by atoms with Crippen LogP contribution in [0.4, 0.5) is 5.82 Å². The maximum absolute atomic E-state index is 14.4. The van der Waals surface area contributed by atoms with Crippen molar-refractivity contribution in [2.45, 2.75) is 46.3 Å². The van der Waals surface area contributed by atoms with Crippen molar-refractivity contribution in [1.29, 1.82) is 0 Å². The second-order valence-corrected chi connectivity index (χ2v) is 12.2. The Bertz CT molecular complexity index is 2060. The van der Waals surface area contributed by atoms with Gasteiger partial charge in [0.05, 0.1) is 28.1 Å². The van der Waals surface area contributed by atoms with E-state index in [-0.39, 0.29) is 17.9 Å². The van der Waals surface area contributed by atoms with Crippen molar-refractivity contribution >= 4 is 45.1 Å². The van der Waals surface area contributed by atoms with E-state index in [2.05, 4.69) is 35.5 Å². The van der Waals surface area contributed by atoms with Crippen LogP contribution in [0.15, 0.2) is 54.1 Å². The number of aromatic amines is 1. The van der Waals surface area contributed by atoms with Crippen LogP contribution in [0.3, 0.4) is 0 Å². The van der Waals surface area contributed by atoms with Crippen LogP contribution in [-0.2, 0) is 11.4 Å². The van der Waals surface area contributed by atoms with E-state index in [9.17, 15) is 9.59 Å². The van der Waals surface area contributed by atoms with E-state index in [4.69, 9.17) is 26.3 Å². The number of fused-ring (bicyclic) bond motifs is 7. The molecule has 0 unspecified atom stereocenters. The Kier molecular flexibility index (Phi) is 6.69. The Labute approximate surface area is 258 Å². The molecule has 224 valence electrons. The standard InChI is InChI=1S/C33H32ClN7O3/c1-6-25(42)39-11-12-40(19(5)15-39)32-21-13-23(34)27-26-20(7-8-24-22(26)14-36-38-24)16-44-31(27)30(21)41(33(43)37-32)29-18(4)9-10-35-28(29)17(2)3/h6-10,13-14,17,19H,1,11-12,15-16H2,2-5H3,(H,36,38)/t19-/m0/s1. The average molecular weight is 610 g/mol. The molecule has 7 rings (SSSR count). The van der Waals surface area contributed by atoms with Crippen molar-refractivity contribution in [3.05, 3.63) is 81.6 Å². The zero-order valence-corrected chi connectivity index (χ0v) is 25.8. The predicted octanol–water partition coefficient (Wildman–Crippen LogP) is 5.52. The van der Waals surface area contributed by atoms with E-state index in [0.29, 0.717) is 65.0 Å². The number of benzene rings is 2. The number of nitrogens with one attached hydrogen (secondary N) is 1. The third kappa shape index (κ3) is 4.19. The fourth-order valence-corrected chi connectivity index (χ4v) is 6.91. The maximum Gasteiger partial charge on any atom is 0.354 e. The van der Waals surface area contributed by atoms with Gasteiger partial charge in [0.2, 0.25) is 5.91 Å². The third-order valence-corrected chi connectivity index (χ3v) is 9.01. The van der Waals surface area contributed by atoms with Crippen LogP contribution in [0.25, 0.3) is 38.6 Å². The summed E-state index contributed by atoms with van der Waals surface area (Å²) in [5, 5.41) is 9.43. The Morgan fingerprint density at radius 1 is 1.20 bits per heavy atom. The van der Waals surface area contributed by atoms with Crippen molar-refractivity contribution in [1.82, 2.24) is 29.6 Å². The number of anilines is 1. The summed E-state index contributed by atoms with van der Waals surface area (Å²) in [4.78, 5) is 40.0. The van der Waals surface area contributed by atoms with Crippen LogP contribution in [0, 0.1) is 6.92 Å². The highest BCUT2D eigenvalue weighted by Gasteiger charge is 2.33. The summed E-state index contributed by atoms with van der Waals surface area (Å²) in [6.45, 7) is 13.5. The highest BCUT2D eigenvalue weighted by molar-refractivity contribution is 6.36. The predicted molar refractivity (Wildman–Crippen MR) is 172 cm³/mol. The van der Waals surface area contributed by atoms with E-state index >= 15 is 0 Å². The number of nitrogens with zero attached hydrogens (tertiary/aromatic N) is 6. The molecule has 0 aliphatic carbocycles. The van der Waals surface area contributed by atoms with Gasteiger partial charge < -0.3 is 14.5 Å². The van der Waals surface area contributed by atoms with Gasteiger partial charge in [-0.05, 0) is 55.2 Å². The first-order chi connectivity index (χ1) is 21.2. The molecule has 1 saturated heterocycles. The van der Waals surface area contributed by atoms with Gasteiger partial charge in [0.15, 0.2) is 5.75 Å². The van der Waals surface area contributed by atoms with Gasteiger partial charge >= 0.3 is 5.69 Å². The van der Waals surface area contributed by atoms with E-state index in [1.54, 1.807) is 21.9 Å². The molecule has 0 spiro atoms. The van der Waals surface area contributed by atoms with Crippen LogP contribution < -0.4 is 15.3 Å². The number of piperazine rings is 1. The second kappa shape index (κ2) is 10.5. The summed E-state index contributed by atoms with van der Waals surface area (Å²) >= 11 is 7.18. The number of pyridine rings is 1. The topological polar surface area (TPSA) is 109 Å². The Morgan fingerprint density at radius 3 is 2.77 bits per heavy atom. The highest BCUT2D eigenvalue weighted by Crippen LogP contribution is 2.50. The highest BCUT2D eigenvalue weighted by atomic mass is 35.5. The number of hydrogen-bond acceptors (Lipinski definition) is 7. The summed E-state index contributed by atoms with van der Waals surface area (Å²) in [5.41, 5.74) is 6.00. The van der Waals surface area contributed by atoms with Crippen molar-refractivity contribution in [3.8, 4) is 22.6 Å². The van der Waals surface area contributed by atoms with Gasteiger partial charge in [0.1, 0.15) is 17.9 Å². The molecule has 10 nitrogen and oxygen atoms in total. The normalized spacial score (nSPS) is 16.3. The third-order valence-electron chi connectivity index (χ3n) is 8.71. The summed E-state index contributed by atoms with van der Waals surface area (Å²) in [6.07, 6.45) is 4.89. The van der Waals surface area contributed by atoms with Crippen LogP contribution in [0.1, 0.15) is 43.5 Å². The monoisotopic (exact) mass is 609 g/mol. The molecule has 3 aromatic heterocycles. The van der Waals surface area contributed by atoms with Gasteiger partial charge in [-0.2, -0.15) is 10.1 Å². The van der Waals surface area contributed by atoms with Crippen LogP contribution >= 0.6 is 11.6 Å². The van der Waals surface area contributed by atoms with E-state index < -0.39 is 5.69 Å². The second-order valence-electron chi connectivity index (χ2n) is 11.8. The zero-order valence-electron chi connectivity index (χ0n) is 25.0. The smallest absolute Gasteiger partial charge is 0.354 e. The lowest BCUT2D eigenvalue weighted by molar-refractivity contribution is -0.126. The fourth-order valence-electron chi connectivity index (χ4n) is 6.62. The number of hydrogen-bond donors (Lipinski definition) is 1. The molecule has 2 aliphatic heterocycles. The first-order valence-electron chi connectivity index (χ1n) is 14.7. The van der Waals surface area contributed by atoms with E-state index in [1.165, 1.54) is 6.08 Å². The number of H-pyrrole nitrogens is 1. The van der Waals surface area contributed by atoms with E-state index in [1.807, 2.05) is 38.1 Å². The van der Waals surface area contributed by atoms with Gasteiger partial charge in [-0.1, -0.05) is 38.1 Å².